The van der Waals surface area contributed by atoms with E-state index < -0.39 is 0 Å². The van der Waals surface area contributed by atoms with E-state index in [1.165, 1.54) is 6.07 Å². The summed E-state index contributed by atoms with van der Waals surface area (Å²) in [5.41, 5.74) is 4.29. The third-order valence-electron chi connectivity index (χ3n) is 4.94. The Balaban J connectivity index is 1.49. The van der Waals surface area contributed by atoms with Gasteiger partial charge in [-0.15, -0.1) is 10.2 Å². The van der Waals surface area contributed by atoms with Gasteiger partial charge in [0.2, 0.25) is 0 Å². The minimum absolute atomic E-state index is 0.187. The van der Waals surface area contributed by atoms with Gasteiger partial charge in [-0.1, -0.05) is 0 Å². The van der Waals surface area contributed by atoms with Crippen LogP contribution in [0.5, 0.6) is 5.75 Å². The number of hydrogen-bond donors (Lipinski definition) is 0. The monoisotopic (exact) mass is 361 g/mol. The molecule has 0 aliphatic carbocycles. The molecule has 1 aliphatic rings. The van der Waals surface area contributed by atoms with Gasteiger partial charge in [-0.3, -0.25) is 9.38 Å². The Kier molecular flexibility index (Phi) is 3.78. The van der Waals surface area contributed by atoms with Crippen LogP contribution in [-0.2, 0) is 19.3 Å². The molecule has 7 heteroatoms. The molecule has 1 aromatic carbocycles. The van der Waals surface area contributed by atoms with Crippen LogP contribution in [-0.4, -0.2) is 31.2 Å². The molecule has 5 rings (SSSR count). The first kappa shape index (κ1) is 15.9. The lowest BCUT2D eigenvalue weighted by molar-refractivity contribution is 0.356. The Morgan fingerprint density at radius 3 is 2.89 bits per heavy atom. The van der Waals surface area contributed by atoms with Gasteiger partial charge in [-0.05, 0) is 41.8 Å². The van der Waals surface area contributed by atoms with E-state index >= 15 is 0 Å². The number of aromatic nitrogens is 5. The molecule has 0 atom stereocenters. The minimum Gasteiger partial charge on any atom is -0.493 e. The molecule has 0 saturated carbocycles. The van der Waals surface area contributed by atoms with Crippen molar-refractivity contribution in [2.75, 3.05) is 6.61 Å². The molecule has 3 aromatic heterocycles. The molecule has 0 N–H and O–H groups in total. The summed E-state index contributed by atoms with van der Waals surface area (Å²) in [5, 5.41) is 8.29. The van der Waals surface area contributed by atoms with Crippen LogP contribution in [0.3, 0.4) is 0 Å². The van der Waals surface area contributed by atoms with Gasteiger partial charge < -0.3 is 4.74 Å². The summed E-state index contributed by atoms with van der Waals surface area (Å²) < 4.78 is 21.8. The summed E-state index contributed by atoms with van der Waals surface area (Å²) in [6.45, 7) is 0.611. The lowest BCUT2D eigenvalue weighted by Gasteiger charge is -2.10. The molecule has 27 heavy (non-hydrogen) atoms. The molecule has 0 fully saturated rings. The second-order valence-electron chi connectivity index (χ2n) is 6.45. The molecule has 1 aliphatic heterocycles. The molecule has 6 nitrogen and oxygen atoms in total. The van der Waals surface area contributed by atoms with Crippen molar-refractivity contribution in [1.29, 1.82) is 0 Å². The van der Waals surface area contributed by atoms with E-state index in [-0.39, 0.29) is 5.82 Å². The van der Waals surface area contributed by atoms with Crippen LogP contribution in [0.4, 0.5) is 4.39 Å². The highest BCUT2D eigenvalue weighted by Crippen LogP contribution is 2.31. The predicted octanol–water partition coefficient (Wildman–Crippen LogP) is 3.05. The lowest BCUT2D eigenvalue weighted by atomic mass is 10.00. The molecular weight excluding hydrogens is 345 g/mol. The van der Waals surface area contributed by atoms with E-state index in [1.54, 1.807) is 31.0 Å². The molecule has 4 aromatic rings. The lowest BCUT2D eigenvalue weighted by Crippen LogP contribution is -2.06. The van der Waals surface area contributed by atoms with Gasteiger partial charge in [0.25, 0.3) is 0 Å². The summed E-state index contributed by atoms with van der Waals surface area (Å²) in [5.74, 6) is 1.40. The summed E-state index contributed by atoms with van der Waals surface area (Å²) in [4.78, 5) is 8.65. The van der Waals surface area contributed by atoms with Crippen molar-refractivity contribution in [3.63, 3.8) is 0 Å². The van der Waals surface area contributed by atoms with Gasteiger partial charge in [-0.25, -0.2) is 9.37 Å². The first-order valence-corrected chi connectivity index (χ1v) is 8.82. The zero-order valence-electron chi connectivity index (χ0n) is 14.5. The molecule has 0 spiro atoms. The number of rotatable bonds is 4. The van der Waals surface area contributed by atoms with Gasteiger partial charge >= 0.3 is 0 Å². The highest BCUT2D eigenvalue weighted by molar-refractivity contribution is 5.76. The SMILES string of the molecule is Fc1ccc2c(c1CCc1ncc(-c3ccncc3)c3nncn13)CCO2. The number of ether oxygens (including phenoxy) is 1. The smallest absolute Gasteiger partial charge is 0.171 e. The van der Waals surface area contributed by atoms with Crippen LogP contribution in [0.2, 0.25) is 0 Å². The predicted molar refractivity (Wildman–Crippen MR) is 97.0 cm³/mol. The van der Waals surface area contributed by atoms with Crippen LogP contribution in [0.25, 0.3) is 16.8 Å². The Morgan fingerprint density at radius 1 is 1.11 bits per heavy atom. The topological polar surface area (TPSA) is 65.2 Å². The fourth-order valence-corrected chi connectivity index (χ4v) is 3.61. The van der Waals surface area contributed by atoms with Gasteiger partial charge in [0.05, 0.1) is 6.61 Å². The average molecular weight is 361 g/mol. The Hall–Kier alpha value is -3.35. The fourth-order valence-electron chi connectivity index (χ4n) is 3.61. The first-order chi connectivity index (χ1) is 13.3. The van der Waals surface area contributed by atoms with Crippen molar-refractivity contribution in [3.8, 4) is 16.9 Å². The highest BCUT2D eigenvalue weighted by Gasteiger charge is 2.20. The molecule has 0 amide bonds. The second-order valence-corrected chi connectivity index (χ2v) is 6.45. The van der Waals surface area contributed by atoms with Crippen molar-refractivity contribution >= 4 is 5.65 Å². The number of pyridine rings is 1. The van der Waals surface area contributed by atoms with Crippen LogP contribution < -0.4 is 4.74 Å². The minimum atomic E-state index is -0.187. The van der Waals surface area contributed by atoms with Crippen LogP contribution in [0.15, 0.2) is 49.2 Å². The van der Waals surface area contributed by atoms with Crippen LogP contribution >= 0.6 is 0 Å². The molecule has 134 valence electrons. The number of fused-ring (bicyclic) bond motifs is 2. The van der Waals surface area contributed by atoms with E-state index in [9.17, 15) is 4.39 Å². The zero-order chi connectivity index (χ0) is 18.2. The van der Waals surface area contributed by atoms with Crippen LogP contribution in [0.1, 0.15) is 17.0 Å². The maximum atomic E-state index is 14.4. The maximum Gasteiger partial charge on any atom is 0.171 e. The van der Waals surface area contributed by atoms with E-state index in [0.29, 0.717) is 25.0 Å². The van der Waals surface area contributed by atoms with Gasteiger partial charge in [-0.2, -0.15) is 0 Å². The van der Waals surface area contributed by atoms with Gasteiger partial charge in [0, 0.05) is 42.6 Å². The Morgan fingerprint density at radius 2 is 2.00 bits per heavy atom. The summed E-state index contributed by atoms with van der Waals surface area (Å²) in [7, 11) is 0. The molecule has 4 heterocycles. The Bertz CT molecular complexity index is 1130. The first-order valence-electron chi connectivity index (χ1n) is 8.82. The van der Waals surface area contributed by atoms with Gasteiger partial charge in [0.1, 0.15) is 23.7 Å². The highest BCUT2D eigenvalue weighted by atomic mass is 19.1. The van der Waals surface area contributed by atoms with E-state index in [2.05, 4.69) is 20.2 Å². The van der Waals surface area contributed by atoms with E-state index in [4.69, 9.17) is 4.74 Å². The van der Waals surface area contributed by atoms with Crippen molar-refractivity contribution in [2.24, 2.45) is 0 Å². The molecule has 0 bridgehead atoms. The zero-order valence-corrected chi connectivity index (χ0v) is 14.5. The average Bonchev–Trinajstić information content (AvgIpc) is 3.37. The second kappa shape index (κ2) is 6.42. The largest absolute Gasteiger partial charge is 0.493 e. The van der Waals surface area contributed by atoms with Crippen molar-refractivity contribution in [3.05, 3.63) is 72.0 Å². The normalized spacial score (nSPS) is 12.9. The molecule has 0 radical (unpaired) electrons. The number of aryl methyl sites for hydroxylation is 1. The van der Waals surface area contributed by atoms with Crippen molar-refractivity contribution in [2.45, 2.75) is 19.3 Å². The van der Waals surface area contributed by atoms with Crippen molar-refractivity contribution < 1.29 is 9.13 Å². The molecule has 0 unspecified atom stereocenters. The summed E-state index contributed by atoms with van der Waals surface area (Å²) in [6.07, 6.45) is 8.79. The standard InChI is InChI=1S/C20H16FN5O/c21-17-2-3-18-15(7-10-27-18)14(17)1-4-19-23-11-16(13-5-8-22-9-6-13)20-25-24-12-26(19)20/h2-3,5-6,8-9,11-12H,1,4,7,10H2. The van der Waals surface area contributed by atoms with Gasteiger partial charge in [0.15, 0.2) is 5.65 Å². The van der Waals surface area contributed by atoms with E-state index in [1.807, 2.05) is 16.5 Å². The summed E-state index contributed by atoms with van der Waals surface area (Å²) >= 11 is 0. The van der Waals surface area contributed by atoms with Crippen molar-refractivity contribution in [1.82, 2.24) is 24.6 Å². The molecular formula is C20H16FN5O. The third kappa shape index (κ3) is 2.71. The quantitative estimate of drug-likeness (QED) is 0.559. The fraction of sp³-hybridized carbons (Fsp3) is 0.200. The van der Waals surface area contributed by atoms with E-state index in [0.717, 1.165) is 40.3 Å². The number of nitrogens with zero attached hydrogens (tertiary/aromatic N) is 5. The number of halogens is 1. The third-order valence-corrected chi connectivity index (χ3v) is 4.94. The summed E-state index contributed by atoms with van der Waals surface area (Å²) in [6, 6.07) is 7.01. The maximum absolute atomic E-state index is 14.4. The molecule has 0 saturated heterocycles. The number of benzene rings is 1. The van der Waals surface area contributed by atoms with Crippen LogP contribution in [0, 0.1) is 5.82 Å². The number of hydrogen-bond acceptors (Lipinski definition) is 5. The Labute approximate surface area is 154 Å².